The van der Waals surface area contributed by atoms with Gasteiger partial charge in [0.05, 0.1) is 0 Å². The van der Waals surface area contributed by atoms with Crippen LogP contribution in [-0.2, 0) is 6.42 Å². The number of para-hydroxylation sites is 1. The molecule has 1 heterocycles. The Hall–Kier alpha value is -2.20. The monoisotopic (exact) mass is 370 g/mol. The highest BCUT2D eigenvalue weighted by Gasteiger charge is 2.22. The first kappa shape index (κ1) is 18.6. The smallest absolute Gasteiger partial charge is 0.190 e. The van der Waals surface area contributed by atoms with Gasteiger partial charge in [-0.2, -0.15) is 0 Å². The first-order valence-electron chi connectivity index (χ1n) is 9.23. The predicted octanol–water partition coefficient (Wildman–Crippen LogP) is 3.57. The molecule has 2 N–H and O–H groups in total. The van der Waals surface area contributed by atoms with Crippen LogP contribution in [0.3, 0.4) is 0 Å². The van der Waals surface area contributed by atoms with E-state index in [-0.39, 0.29) is 0 Å². The molecule has 1 atom stereocenters. The van der Waals surface area contributed by atoms with Gasteiger partial charge < -0.3 is 15.5 Å². The fraction of sp³-hybridized carbons (Fsp3) is 0.381. The third-order valence-corrected chi connectivity index (χ3v) is 5.06. The summed E-state index contributed by atoms with van der Waals surface area (Å²) in [5.41, 5.74) is 2.59. The van der Waals surface area contributed by atoms with Crippen molar-refractivity contribution in [3.8, 4) is 0 Å². The van der Waals surface area contributed by atoms with Crippen LogP contribution in [-0.4, -0.2) is 39.2 Å². The van der Waals surface area contributed by atoms with Gasteiger partial charge in [-0.05, 0) is 48.6 Å². The zero-order valence-corrected chi connectivity index (χ0v) is 16.0. The second kappa shape index (κ2) is 9.48. The molecule has 138 valence electrons. The number of guanidine groups is 1. The van der Waals surface area contributed by atoms with Crippen LogP contribution in [0.4, 0.5) is 5.69 Å². The molecule has 0 saturated carbocycles. The second-order valence-corrected chi connectivity index (χ2v) is 7.13. The Labute approximate surface area is 161 Å². The molecule has 1 saturated heterocycles. The molecule has 1 fully saturated rings. The van der Waals surface area contributed by atoms with Crippen LogP contribution in [0.5, 0.6) is 0 Å². The van der Waals surface area contributed by atoms with Crippen molar-refractivity contribution in [2.45, 2.75) is 12.8 Å². The van der Waals surface area contributed by atoms with Gasteiger partial charge in [0.1, 0.15) is 0 Å². The molecule has 26 heavy (non-hydrogen) atoms. The van der Waals surface area contributed by atoms with Crippen molar-refractivity contribution in [2.75, 3.05) is 38.1 Å². The van der Waals surface area contributed by atoms with E-state index >= 15 is 0 Å². The molecule has 0 spiro atoms. The number of anilines is 1. The van der Waals surface area contributed by atoms with Gasteiger partial charge in [0.25, 0.3) is 0 Å². The Morgan fingerprint density at radius 3 is 2.62 bits per heavy atom. The molecule has 1 aliphatic rings. The predicted molar refractivity (Wildman–Crippen MR) is 111 cm³/mol. The van der Waals surface area contributed by atoms with E-state index in [1.807, 2.05) is 19.2 Å². The lowest BCUT2D eigenvalue weighted by atomic mass is 10.1. The molecule has 3 rings (SSSR count). The van der Waals surface area contributed by atoms with Crippen LogP contribution < -0.4 is 15.5 Å². The summed E-state index contributed by atoms with van der Waals surface area (Å²) in [7, 11) is 1.82. The molecule has 4 nitrogen and oxygen atoms in total. The van der Waals surface area contributed by atoms with Crippen LogP contribution in [0.2, 0.25) is 5.02 Å². The number of halogens is 1. The quantitative estimate of drug-likeness (QED) is 0.603. The summed E-state index contributed by atoms with van der Waals surface area (Å²) in [5, 5.41) is 7.64. The maximum absolute atomic E-state index is 5.92. The van der Waals surface area contributed by atoms with Gasteiger partial charge in [-0.1, -0.05) is 41.9 Å². The van der Waals surface area contributed by atoms with Gasteiger partial charge in [0.2, 0.25) is 0 Å². The Bertz CT molecular complexity index is 700. The van der Waals surface area contributed by atoms with E-state index in [9.17, 15) is 0 Å². The molecule has 0 aliphatic carbocycles. The Morgan fingerprint density at radius 1 is 1.12 bits per heavy atom. The summed E-state index contributed by atoms with van der Waals surface area (Å²) in [6.07, 6.45) is 2.16. The van der Waals surface area contributed by atoms with Crippen molar-refractivity contribution >= 4 is 23.2 Å². The van der Waals surface area contributed by atoms with Crippen LogP contribution in [0.25, 0.3) is 0 Å². The van der Waals surface area contributed by atoms with Crippen molar-refractivity contribution in [1.29, 1.82) is 0 Å². The molecule has 2 aromatic carbocycles. The Balaban J connectivity index is 1.38. The van der Waals surface area contributed by atoms with E-state index < -0.39 is 0 Å². The van der Waals surface area contributed by atoms with Gasteiger partial charge in [-0.15, -0.1) is 0 Å². The SMILES string of the molecule is CN=C(NCCc1ccc(Cl)cc1)NCC1CCN(c2ccccc2)C1. The van der Waals surface area contributed by atoms with E-state index in [2.05, 4.69) is 63.0 Å². The molecule has 1 aliphatic heterocycles. The lowest BCUT2D eigenvalue weighted by Crippen LogP contribution is -2.41. The van der Waals surface area contributed by atoms with Crippen molar-refractivity contribution in [3.05, 3.63) is 65.2 Å². The maximum Gasteiger partial charge on any atom is 0.190 e. The highest BCUT2D eigenvalue weighted by Crippen LogP contribution is 2.22. The third kappa shape index (κ3) is 5.40. The minimum atomic E-state index is 0.644. The molecule has 0 bridgehead atoms. The number of rotatable bonds is 6. The maximum atomic E-state index is 5.92. The summed E-state index contributed by atoms with van der Waals surface area (Å²) >= 11 is 5.92. The van der Waals surface area contributed by atoms with E-state index in [1.165, 1.54) is 17.7 Å². The van der Waals surface area contributed by atoms with Crippen molar-refractivity contribution in [1.82, 2.24) is 10.6 Å². The van der Waals surface area contributed by atoms with E-state index in [0.29, 0.717) is 5.92 Å². The minimum absolute atomic E-state index is 0.644. The topological polar surface area (TPSA) is 39.7 Å². The Kier molecular flexibility index (Phi) is 6.78. The molecule has 5 heteroatoms. The molecule has 0 radical (unpaired) electrons. The lowest BCUT2D eigenvalue weighted by Gasteiger charge is -2.19. The van der Waals surface area contributed by atoms with Gasteiger partial charge >= 0.3 is 0 Å². The number of hydrogen-bond donors (Lipinski definition) is 2. The summed E-state index contributed by atoms with van der Waals surface area (Å²) in [5.74, 6) is 1.52. The van der Waals surface area contributed by atoms with Gasteiger partial charge in [0.15, 0.2) is 5.96 Å². The molecular formula is C21H27ClN4. The first-order valence-corrected chi connectivity index (χ1v) is 9.61. The molecule has 1 unspecified atom stereocenters. The largest absolute Gasteiger partial charge is 0.371 e. The first-order chi connectivity index (χ1) is 12.7. The van der Waals surface area contributed by atoms with Crippen LogP contribution >= 0.6 is 11.6 Å². The zero-order chi connectivity index (χ0) is 18.2. The second-order valence-electron chi connectivity index (χ2n) is 6.69. The third-order valence-electron chi connectivity index (χ3n) is 4.81. The normalized spacial score (nSPS) is 17.4. The number of hydrogen-bond acceptors (Lipinski definition) is 2. The number of nitrogens with one attached hydrogen (secondary N) is 2. The van der Waals surface area contributed by atoms with Gasteiger partial charge in [0, 0.05) is 43.9 Å². The summed E-state index contributed by atoms with van der Waals surface area (Å²) in [4.78, 5) is 6.79. The fourth-order valence-corrected chi connectivity index (χ4v) is 3.44. The van der Waals surface area contributed by atoms with E-state index in [4.69, 9.17) is 11.6 Å². The molecule has 0 aromatic heterocycles. The standard InChI is InChI=1S/C21H27ClN4/c1-23-21(24-13-11-17-7-9-19(22)10-8-17)25-15-18-12-14-26(16-18)20-5-3-2-4-6-20/h2-10,18H,11-16H2,1H3,(H2,23,24,25). The number of aliphatic imine (C=N–C) groups is 1. The van der Waals surface area contributed by atoms with E-state index in [1.54, 1.807) is 0 Å². The van der Waals surface area contributed by atoms with Crippen molar-refractivity contribution in [3.63, 3.8) is 0 Å². The summed E-state index contributed by atoms with van der Waals surface area (Å²) in [6.45, 7) is 4.02. The van der Waals surface area contributed by atoms with Crippen molar-refractivity contribution < 1.29 is 0 Å². The highest BCUT2D eigenvalue weighted by molar-refractivity contribution is 6.30. The van der Waals surface area contributed by atoms with Crippen LogP contribution in [0.1, 0.15) is 12.0 Å². The molecule has 2 aromatic rings. The highest BCUT2D eigenvalue weighted by atomic mass is 35.5. The minimum Gasteiger partial charge on any atom is -0.371 e. The fourth-order valence-electron chi connectivity index (χ4n) is 3.31. The zero-order valence-electron chi connectivity index (χ0n) is 15.3. The average molecular weight is 371 g/mol. The lowest BCUT2D eigenvalue weighted by molar-refractivity contribution is 0.566. The molecular weight excluding hydrogens is 344 g/mol. The summed E-state index contributed by atoms with van der Waals surface area (Å²) in [6, 6.07) is 18.7. The van der Waals surface area contributed by atoms with Crippen molar-refractivity contribution in [2.24, 2.45) is 10.9 Å². The van der Waals surface area contributed by atoms with Crippen LogP contribution in [0, 0.1) is 5.92 Å². The summed E-state index contributed by atoms with van der Waals surface area (Å²) < 4.78 is 0. The molecule has 0 amide bonds. The average Bonchev–Trinajstić information content (AvgIpc) is 3.16. The number of benzene rings is 2. The van der Waals surface area contributed by atoms with Crippen LogP contribution in [0.15, 0.2) is 59.6 Å². The van der Waals surface area contributed by atoms with E-state index in [0.717, 1.165) is 43.6 Å². The van der Waals surface area contributed by atoms with Gasteiger partial charge in [-0.3, -0.25) is 4.99 Å². The van der Waals surface area contributed by atoms with Gasteiger partial charge in [-0.25, -0.2) is 0 Å². The Morgan fingerprint density at radius 2 is 1.88 bits per heavy atom. The number of nitrogens with zero attached hydrogens (tertiary/aromatic N) is 2.